The molecule has 0 radical (unpaired) electrons. The van der Waals surface area contributed by atoms with Gasteiger partial charge in [-0.1, -0.05) is 36.8 Å². The predicted molar refractivity (Wildman–Crippen MR) is 129 cm³/mol. The van der Waals surface area contributed by atoms with Crippen LogP contribution in [-0.2, 0) is 9.53 Å². The highest BCUT2D eigenvalue weighted by molar-refractivity contribution is 5.93. The molecule has 1 aliphatic heterocycles. The van der Waals surface area contributed by atoms with Crippen molar-refractivity contribution in [3.8, 4) is 5.75 Å². The molecular weight excluding hydrogens is 418 g/mol. The molecule has 2 heterocycles. The van der Waals surface area contributed by atoms with Crippen molar-refractivity contribution in [1.82, 2.24) is 14.9 Å². The number of nitrogens with zero attached hydrogens (tertiary/aromatic N) is 3. The van der Waals surface area contributed by atoms with Crippen LogP contribution in [-0.4, -0.2) is 53.7 Å². The van der Waals surface area contributed by atoms with Crippen molar-refractivity contribution in [1.29, 1.82) is 0 Å². The van der Waals surface area contributed by atoms with Crippen LogP contribution in [0.25, 0.3) is 10.9 Å². The summed E-state index contributed by atoms with van der Waals surface area (Å²) in [5.74, 6) is 1.13. The summed E-state index contributed by atoms with van der Waals surface area (Å²) in [7, 11) is 1.44. The molecule has 1 saturated heterocycles. The Labute approximate surface area is 194 Å². The molecule has 3 aromatic rings. The second-order valence-corrected chi connectivity index (χ2v) is 8.33. The van der Waals surface area contributed by atoms with Gasteiger partial charge in [-0.05, 0) is 37.9 Å². The summed E-state index contributed by atoms with van der Waals surface area (Å²) in [5, 5.41) is 4.30. The summed E-state index contributed by atoms with van der Waals surface area (Å²) in [6.45, 7) is 4.00. The van der Waals surface area contributed by atoms with Crippen molar-refractivity contribution >= 4 is 28.4 Å². The number of piperidine rings is 1. The number of esters is 1. The minimum Gasteiger partial charge on any atom is -0.490 e. The maximum absolute atomic E-state index is 12.1. The Morgan fingerprint density at radius 2 is 2.06 bits per heavy atom. The third-order valence-corrected chi connectivity index (χ3v) is 6.14. The van der Waals surface area contributed by atoms with Gasteiger partial charge >= 0.3 is 5.97 Å². The van der Waals surface area contributed by atoms with Crippen molar-refractivity contribution in [3.63, 3.8) is 0 Å². The van der Waals surface area contributed by atoms with Crippen molar-refractivity contribution in [2.24, 2.45) is 0 Å². The first kappa shape index (κ1) is 22.8. The van der Waals surface area contributed by atoms with Gasteiger partial charge < -0.3 is 20.5 Å². The van der Waals surface area contributed by atoms with E-state index in [0.717, 1.165) is 42.5 Å². The Hall–Kier alpha value is -3.39. The predicted octanol–water partition coefficient (Wildman–Crippen LogP) is 3.79. The lowest BCUT2D eigenvalue weighted by atomic mass is 10.0. The second-order valence-electron chi connectivity index (χ2n) is 8.33. The van der Waals surface area contributed by atoms with Gasteiger partial charge in [0.05, 0.1) is 18.3 Å². The van der Waals surface area contributed by atoms with Gasteiger partial charge in [0.1, 0.15) is 30.5 Å². The summed E-state index contributed by atoms with van der Waals surface area (Å²) in [6.07, 6.45) is 4.46. The molecule has 0 bridgehead atoms. The van der Waals surface area contributed by atoms with Crippen LogP contribution in [0.2, 0.25) is 0 Å². The Morgan fingerprint density at radius 1 is 1.24 bits per heavy atom. The first-order valence-electron chi connectivity index (χ1n) is 11.4. The van der Waals surface area contributed by atoms with Crippen molar-refractivity contribution < 1.29 is 14.3 Å². The lowest BCUT2D eigenvalue weighted by molar-refractivity contribution is -0.148. The molecule has 1 fully saturated rings. The van der Waals surface area contributed by atoms with E-state index in [9.17, 15) is 4.79 Å². The lowest BCUT2D eigenvalue weighted by Crippen LogP contribution is -2.46. The van der Waals surface area contributed by atoms with Gasteiger partial charge in [-0.25, -0.2) is 9.97 Å². The Kier molecular flexibility index (Phi) is 7.24. The highest BCUT2D eigenvalue weighted by Crippen LogP contribution is 2.31. The van der Waals surface area contributed by atoms with E-state index in [0.29, 0.717) is 24.6 Å². The smallest absolute Gasteiger partial charge is 0.323 e. The number of nitrogens with two attached hydrogens (primary N) is 1. The van der Waals surface area contributed by atoms with E-state index in [1.54, 1.807) is 0 Å². The number of hydrogen-bond donors (Lipinski definition) is 2. The maximum Gasteiger partial charge on any atom is 0.323 e. The van der Waals surface area contributed by atoms with E-state index in [1.807, 2.05) is 30.3 Å². The zero-order valence-electron chi connectivity index (χ0n) is 19.2. The van der Waals surface area contributed by atoms with Crippen LogP contribution in [0.1, 0.15) is 37.8 Å². The standard InChI is InChI=1S/C25H31N5O3/c1-17(18-8-4-3-5-9-18)29-24-19-14-20(26)23(15-21(19)27-16-28-24)33-13-12-30-11-7-6-10-22(30)25(31)32-2/h3-5,8-9,14-17,22H,6-7,10-13,26H2,1-2H3,(H,27,28,29). The van der Waals surface area contributed by atoms with Crippen LogP contribution in [0, 0.1) is 0 Å². The first-order valence-corrected chi connectivity index (χ1v) is 11.4. The highest BCUT2D eigenvalue weighted by Gasteiger charge is 2.29. The number of ether oxygens (including phenoxy) is 2. The van der Waals surface area contributed by atoms with Crippen LogP contribution < -0.4 is 15.8 Å². The molecule has 8 heteroatoms. The Balaban J connectivity index is 1.45. The summed E-state index contributed by atoms with van der Waals surface area (Å²) in [5.41, 5.74) is 8.76. The van der Waals surface area contributed by atoms with Crippen LogP contribution >= 0.6 is 0 Å². The largest absolute Gasteiger partial charge is 0.490 e. The fourth-order valence-electron chi connectivity index (χ4n) is 4.31. The number of anilines is 2. The van der Waals surface area contributed by atoms with Gasteiger partial charge in [0.2, 0.25) is 0 Å². The molecule has 3 N–H and O–H groups in total. The number of benzene rings is 2. The molecule has 2 aromatic carbocycles. The van der Waals surface area contributed by atoms with Gasteiger partial charge in [-0.3, -0.25) is 9.69 Å². The van der Waals surface area contributed by atoms with Crippen LogP contribution in [0.15, 0.2) is 48.8 Å². The second kappa shape index (κ2) is 10.5. The Morgan fingerprint density at radius 3 is 2.85 bits per heavy atom. The van der Waals surface area contributed by atoms with Crippen molar-refractivity contribution in [2.45, 2.75) is 38.3 Å². The zero-order chi connectivity index (χ0) is 23.2. The van der Waals surface area contributed by atoms with Crippen LogP contribution in [0.5, 0.6) is 5.75 Å². The number of carbonyl (C=O) groups is 1. The van der Waals surface area contributed by atoms with E-state index in [1.165, 1.54) is 19.0 Å². The van der Waals surface area contributed by atoms with Gasteiger partial charge in [-0.2, -0.15) is 0 Å². The number of rotatable bonds is 8. The number of methoxy groups -OCH3 is 1. The summed E-state index contributed by atoms with van der Waals surface area (Å²) >= 11 is 0. The molecule has 8 nitrogen and oxygen atoms in total. The molecule has 174 valence electrons. The normalized spacial score (nSPS) is 17.5. The molecule has 1 aromatic heterocycles. The number of fused-ring (bicyclic) bond motifs is 1. The topological polar surface area (TPSA) is 103 Å². The fraction of sp³-hybridized carbons (Fsp3) is 0.400. The minimum atomic E-state index is -0.200. The average Bonchev–Trinajstić information content (AvgIpc) is 2.85. The molecule has 2 unspecified atom stereocenters. The quantitative estimate of drug-likeness (QED) is 0.396. The molecule has 1 aliphatic rings. The van der Waals surface area contributed by atoms with E-state index >= 15 is 0 Å². The molecular formula is C25H31N5O3. The number of carbonyl (C=O) groups excluding carboxylic acids is 1. The first-order chi connectivity index (χ1) is 16.1. The number of nitrogens with one attached hydrogen (secondary N) is 1. The molecule has 2 atom stereocenters. The molecule has 0 aliphatic carbocycles. The van der Waals surface area contributed by atoms with E-state index in [-0.39, 0.29) is 18.1 Å². The van der Waals surface area contributed by atoms with Gasteiger partial charge in [0.25, 0.3) is 0 Å². The monoisotopic (exact) mass is 449 g/mol. The van der Waals surface area contributed by atoms with Gasteiger partial charge in [-0.15, -0.1) is 0 Å². The van der Waals surface area contributed by atoms with Gasteiger partial charge in [0, 0.05) is 24.0 Å². The maximum atomic E-state index is 12.1. The molecule has 4 rings (SSSR count). The van der Waals surface area contributed by atoms with Gasteiger partial charge in [0.15, 0.2) is 0 Å². The SMILES string of the molecule is COC(=O)C1CCCCN1CCOc1cc2ncnc(NC(C)c3ccccc3)c2cc1N. The van der Waals surface area contributed by atoms with E-state index in [4.69, 9.17) is 15.2 Å². The third kappa shape index (κ3) is 5.34. The zero-order valence-corrected chi connectivity index (χ0v) is 19.2. The van der Waals surface area contributed by atoms with Crippen molar-refractivity contribution in [3.05, 3.63) is 54.4 Å². The number of likely N-dealkylation sites (tertiary alicyclic amines) is 1. The van der Waals surface area contributed by atoms with E-state index in [2.05, 4.69) is 39.2 Å². The summed E-state index contributed by atoms with van der Waals surface area (Å²) in [6, 6.07) is 13.8. The molecule has 0 spiro atoms. The van der Waals surface area contributed by atoms with Crippen LogP contribution in [0.3, 0.4) is 0 Å². The third-order valence-electron chi connectivity index (χ3n) is 6.14. The highest BCUT2D eigenvalue weighted by atomic mass is 16.5. The molecule has 0 saturated carbocycles. The molecule has 33 heavy (non-hydrogen) atoms. The fourth-order valence-corrected chi connectivity index (χ4v) is 4.31. The average molecular weight is 450 g/mol. The number of hydrogen-bond acceptors (Lipinski definition) is 8. The van der Waals surface area contributed by atoms with Crippen molar-refractivity contribution in [2.75, 3.05) is 37.9 Å². The van der Waals surface area contributed by atoms with E-state index < -0.39 is 0 Å². The Bertz CT molecular complexity index is 1090. The number of aromatic nitrogens is 2. The lowest BCUT2D eigenvalue weighted by Gasteiger charge is -2.33. The molecule has 0 amide bonds. The van der Waals surface area contributed by atoms with Crippen LogP contribution in [0.4, 0.5) is 11.5 Å². The minimum absolute atomic E-state index is 0.0775. The summed E-state index contributed by atoms with van der Waals surface area (Å²) < 4.78 is 11.0. The summed E-state index contributed by atoms with van der Waals surface area (Å²) in [4.78, 5) is 23.0. The number of nitrogen functional groups attached to an aromatic ring is 1.